The zero-order chi connectivity index (χ0) is 3.86. The van der Waals surface area contributed by atoms with Gasteiger partial charge in [0.25, 0.3) is 0 Å². The first-order chi connectivity index (χ1) is 2.30. The molecule has 0 aromatic carbocycles. The molecule has 0 N–H and O–H groups in total. The van der Waals surface area contributed by atoms with Gasteiger partial charge in [0.2, 0.25) is 0 Å². The van der Waals surface area contributed by atoms with Gasteiger partial charge in [-0.05, 0) is 13.8 Å². The highest BCUT2D eigenvalue weighted by Gasteiger charge is 2.28. The first kappa shape index (κ1) is 3.16. The van der Waals surface area contributed by atoms with Crippen LogP contribution in [0.4, 0.5) is 0 Å². The van der Waals surface area contributed by atoms with Gasteiger partial charge in [0, 0.05) is 0 Å². The van der Waals surface area contributed by atoms with Crippen molar-refractivity contribution in [1.82, 2.24) is 0 Å². The van der Waals surface area contributed by atoms with Gasteiger partial charge in [0.05, 0.1) is 12.2 Å². The molecule has 1 heteroatoms. The van der Waals surface area contributed by atoms with Crippen LogP contribution in [0.2, 0.25) is 0 Å². The highest BCUT2D eigenvalue weighted by atomic mass is 16.6. The fourth-order valence-corrected chi connectivity index (χ4v) is 0.136. The molecule has 26 valence electrons. The minimum atomic E-state index is -0.171. The number of hydrogen-bond acceptors (Lipinski definition) is 1. The van der Waals surface area contributed by atoms with E-state index in [1.807, 2.05) is 0 Å². The van der Waals surface area contributed by atoms with E-state index < -0.39 is 0 Å². The van der Waals surface area contributed by atoms with Gasteiger partial charge in [-0.3, -0.25) is 0 Å². The van der Waals surface area contributed by atoms with Gasteiger partial charge < -0.3 is 4.74 Å². The average molecular weight is 68.1 g/mol. The lowest BCUT2D eigenvalue weighted by Crippen LogP contribution is -1.75. The molecule has 0 saturated carbocycles. The van der Waals surface area contributed by atoms with E-state index >= 15 is 0 Å². The van der Waals surface area contributed by atoms with E-state index in [1.54, 1.807) is 0 Å². The molecular formula is C4H4O. The summed E-state index contributed by atoms with van der Waals surface area (Å²) >= 11 is 0. The molecule has 1 saturated heterocycles. The third-order valence-corrected chi connectivity index (χ3v) is 0.561. The van der Waals surface area contributed by atoms with Crippen molar-refractivity contribution in [2.24, 2.45) is 0 Å². The first-order valence-corrected chi connectivity index (χ1v) is 1.47. The first-order valence-electron chi connectivity index (χ1n) is 1.47. The lowest BCUT2D eigenvalue weighted by molar-refractivity contribution is 0.411. The Kier molecular flexibility index (Phi) is 0.453. The quantitative estimate of drug-likeness (QED) is 0.369. The third kappa shape index (κ3) is 0.428. The summed E-state index contributed by atoms with van der Waals surface area (Å²) in [5.41, 5.74) is 0. The van der Waals surface area contributed by atoms with Crippen molar-refractivity contribution in [3.63, 3.8) is 0 Å². The van der Waals surface area contributed by atoms with Gasteiger partial charge in [-0.2, -0.15) is 0 Å². The predicted molar refractivity (Wildman–Crippen MR) is 17.3 cm³/mol. The van der Waals surface area contributed by atoms with Crippen molar-refractivity contribution < 1.29 is 4.74 Å². The van der Waals surface area contributed by atoms with Gasteiger partial charge in [0.1, 0.15) is 0 Å². The Morgan fingerprint density at radius 2 is 1.40 bits per heavy atom. The van der Waals surface area contributed by atoms with E-state index in [2.05, 4.69) is 4.74 Å². The molecule has 0 bridgehead atoms. The second kappa shape index (κ2) is 0.716. The summed E-state index contributed by atoms with van der Waals surface area (Å²) in [6.07, 6.45) is -0.343. The van der Waals surface area contributed by atoms with Crippen LogP contribution in [0.25, 0.3) is 0 Å². The van der Waals surface area contributed by atoms with E-state index in [0.717, 1.165) is 0 Å². The third-order valence-electron chi connectivity index (χ3n) is 0.561. The maximum atomic E-state index is 5.02. The van der Waals surface area contributed by atoms with Crippen molar-refractivity contribution >= 4 is 0 Å². The summed E-state index contributed by atoms with van der Waals surface area (Å²) in [6, 6.07) is 0. The number of epoxide rings is 1. The Morgan fingerprint density at radius 3 is 1.40 bits per heavy atom. The molecule has 0 aromatic rings. The van der Waals surface area contributed by atoms with Crippen LogP contribution in [0.5, 0.6) is 0 Å². The normalized spacial score (nSPS) is 49.2. The van der Waals surface area contributed by atoms with Crippen LogP contribution < -0.4 is 0 Å². The Balaban J connectivity index is 2.20. The van der Waals surface area contributed by atoms with E-state index in [4.69, 9.17) is 13.8 Å². The second-order valence-electron chi connectivity index (χ2n) is 1.07. The molecule has 5 heavy (non-hydrogen) atoms. The van der Waals surface area contributed by atoms with E-state index in [-0.39, 0.29) is 12.2 Å². The summed E-state index contributed by atoms with van der Waals surface area (Å²) in [6.45, 7) is 10.0. The highest BCUT2D eigenvalue weighted by Crippen LogP contribution is 2.17. The topological polar surface area (TPSA) is 12.5 Å². The zero-order valence-electron chi connectivity index (χ0n) is 2.72. The predicted octanol–water partition coefficient (Wildman–Crippen LogP) is 0.176. The standard InChI is InChI=1S/C4H4O/c1-3-4(2)5-3/h1-4H. The molecule has 2 unspecified atom stereocenters. The molecule has 0 aromatic heterocycles. The van der Waals surface area contributed by atoms with Gasteiger partial charge in [-0.15, -0.1) is 0 Å². The number of ether oxygens (including phenoxy) is 1. The molecular weight excluding hydrogens is 64.0 g/mol. The molecule has 0 aliphatic carbocycles. The molecule has 1 aliphatic heterocycles. The van der Waals surface area contributed by atoms with Crippen LogP contribution in [0, 0.1) is 13.8 Å². The van der Waals surface area contributed by atoms with Crippen LogP contribution in [-0.4, -0.2) is 12.2 Å². The molecule has 4 radical (unpaired) electrons. The Bertz CT molecular complexity index is 36.9. The summed E-state index contributed by atoms with van der Waals surface area (Å²) in [7, 11) is 0. The van der Waals surface area contributed by atoms with Crippen molar-refractivity contribution in [1.29, 1.82) is 0 Å². The van der Waals surface area contributed by atoms with E-state index in [9.17, 15) is 0 Å². The molecule has 1 heterocycles. The number of rotatable bonds is 0. The molecule has 2 atom stereocenters. The molecule has 1 rings (SSSR count). The maximum absolute atomic E-state index is 5.02. The molecule has 1 fully saturated rings. The van der Waals surface area contributed by atoms with Crippen molar-refractivity contribution in [2.75, 3.05) is 0 Å². The minimum Gasteiger partial charge on any atom is -0.369 e. The van der Waals surface area contributed by atoms with Crippen LogP contribution in [0.1, 0.15) is 0 Å². The minimum absolute atomic E-state index is 0.171. The van der Waals surface area contributed by atoms with Gasteiger partial charge in [-0.1, -0.05) is 0 Å². The summed E-state index contributed by atoms with van der Waals surface area (Å²) in [4.78, 5) is 0. The Hall–Kier alpha value is -0.0400. The maximum Gasteiger partial charge on any atom is 0.0880 e. The van der Waals surface area contributed by atoms with Gasteiger partial charge in [0.15, 0.2) is 0 Å². The van der Waals surface area contributed by atoms with Crippen molar-refractivity contribution in [2.45, 2.75) is 12.2 Å². The van der Waals surface area contributed by atoms with Crippen LogP contribution in [-0.2, 0) is 4.74 Å². The van der Waals surface area contributed by atoms with Crippen molar-refractivity contribution in [3.05, 3.63) is 13.8 Å². The van der Waals surface area contributed by atoms with E-state index in [1.165, 1.54) is 0 Å². The second-order valence-corrected chi connectivity index (χ2v) is 1.07. The van der Waals surface area contributed by atoms with E-state index in [0.29, 0.717) is 0 Å². The fourth-order valence-electron chi connectivity index (χ4n) is 0.136. The number of hydrogen-bond donors (Lipinski definition) is 0. The smallest absolute Gasteiger partial charge is 0.0880 e. The largest absolute Gasteiger partial charge is 0.369 e. The molecule has 0 amide bonds. The SMILES string of the molecule is [CH]C1OC1[CH]. The van der Waals surface area contributed by atoms with Crippen LogP contribution in [0.3, 0.4) is 0 Å². The molecule has 1 aliphatic rings. The molecule has 0 spiro atoms. The fraction of sp³-hybridized carbons (Fsp3) is 0.500. The average Bonchev–Trinajstić information content (AvgIpc) is 1.79. The van der Waals surface area contributed by atoms with Crippen molar-refractivity contribution in [3.8, 4) is 0 Å². The Morgan fingerprint density at radius 1 is 1.20 bits per heavy atom. The summed E-state index contributed by atoms with van der Waals surface area (Å²) < 4.78 is 4.47. The lowest BCUT2D eigenvalue weighted by atomic mass is 10.4. The summed E-state index contributed by atoms with van der Waals surface area (Å²) in [5, 5.41) is 0. The monoisotopic (exact) mass is 68.0 g/mol. The van der Waals surface area contributed by atoms with Crippen LogP contribution in [0.15, 0.2) is 0 Å². The van der Waals surface area contributed by atoms with Crippen LogP contribution >= 0.6 is 0 Å². The van der Waals surface area contributed by atoms with Gasteiger partial charge in [-0.25, -0.2) is 0 Å². The Labute approximate surface area is 31.9 Å². The summed E-state index contributed by atoms with van der Waals surface area (Å²) in [5.74, 6) is 0. The highest BCUT2D eigenvalue weighted by molar-refractivity contribution is 4.87. The zero-order valence-corrected chi connectivity index (χ0v) is 2.72. The molecule has 1 nitrogen and oxygen atoms in total. The lowest BCUT2D eigenvalue weighted by Gasteiger charge is -1.55. The van der Waals surface area contributed by atoms with Gasteiger partial charge >= 0.3 is 0 Å².